The van der Waals surface area contributed by atoms with Gasteiger partial charge < -0.3 is 15.6 Å². The first-order valence-corrected chi connectivity index (χ1v) is 10.2. The van der Waals surface area contributed by atoms with Crippen molar-refractivity contribution in [2.45, 2.75) is 98.1 Å². The number of nitrogens with two attached hydrogens (primary N) is 1. The molecule has 1 aliphatic carbocycles. The Hall–Kier alpha value is -0.610. The van der Waals surface area contributed by atoms with Crippen molar-refractivity contribution in [2.75, 3.05) is 6.61 Å². The van der Waals surface area contributed by atoms with Crippen molar-refractivity contribution >= 4 is 5.97 Å². The zero-order valence-electron chi connectivity index (χ0n) is 17.1. The molecule has 0 aliphatic heterocycles. The van der Waals surface area contributed by atoms with Gasteiger partial charge in [-0.2, -0.15) is 0 Å². The lowest BCUT2D eigenvalue weighted by atomic mass is 9.81. The van der Waals surface area contributed by atoms with E-state index in [0.717, 1.165) is 12.8 Å². The molecule has 3 atom stereocenters. The summed E-state index contributed by atoms with van der Waals surface area (Å²) >= 11 is 0. The molecular weight excluding hydrogens is 314 g/mol. The molecule has 0 aromatic rings. The topological polar surface area (TPSA) is 72.5 Å². The minimum atomic E-state index is -0.465. The van der Waals surface area contributed by atoms with Crippen molar-refractivity contribution in [3.63, 3.8) is 0 Å². The van der Waals surface area contributed by atoms with Crippen LogP contribution in [0.4, 0.5) is 0 Å². The third kappa shape index (κ3) is 8.54. The van der Waals surface area contributed by atoms with E-state index < -0.39 is 11.5 Å². The summed E-state index contributed by atoms with van der Waals surface area (Å²) in [5, 5.41) is 10.6. The van der Waals surface area contributed by atoms with Crippen LogP contribution in [0, 0.1) is 23.2 Å². The highest BCUT2D eigenvalue weighted by Gasteiger charge is 2.27. The van der Waals surface area contributed by atoms with Crippen LogP contribution < -0.4 is 5.73 Å². The summed E-state index contributed by atoms with van der Waals surface area (Å²) in [5.41, 5.74) is 5.83. The fraction of sp³-hybridized carbons (Fsp3) is 0.952. The Labute approximate surface area is 154 Å². The van der Waals surface area contributed by atoms with Crippen LogP contribution in [-0.4, -0.2) is 29.8 Å². The molecule has 4 heteroatoms. The molecule has 148 valence electrons. The van der Waals surface area contributed by atoms with Gasteiger partial charge in [0.2, 0.25) is 0 Å². The third-order valence-corrected chi connectivity index (χ3v) is 5.65. The first-order chi connectivity index (χ1) is 11.6. The van der Waals surface area contributed by atoms with E-state index in [-0.39, 0.29) is 12.0 Å². The Morgan fingerprint density at radius 1 is 1.20 bits per heavy atom. The summed E-state index contributed by atoms with van der Waals surface area (Å²) in [6.45, 7) is 10.3. The number of rotatable bonds is 9. The molecular formula is C21H41NO3. The molecule has 0 heterocycles. The van der Waals surface area contributed by atoms with Gasteiger partial charge in [-0.25, -0.2) is 0 Å². The fourth-order valence-electron chi connectivity index (χ4n) is 3.69. The lowest BCUT2D eigenvalue weighted by molar-refractivity contribution is -0.153. The number of hydrogen-bond acceptors (Lipinski definition) is 4. The summed E-state index contributed by atoms with van der Waals surface area (Å²) in [6, 6.07) is -0.138. The first kappa shape index (κ1) is 22.4. The van der Waals surface area contributed by atoms with Gasteiger partial charge in [0.1, 0.15) is 0 Å². The minimum Gasteiger partial charge on any atom is -0.465 e. The molecule has 25 heavy (non-hydrogen) atoms. The Morgan fingerprint density at radius 3 is 2.32 bits per heavy atom. The second-order valence-corrected chi connectivity index (χ2v) is 9.39. The van der Waals surface area contributed by atoms with Crippen molar-refractivity contribution in [1.82, 2.24) is 0 Å². The number of carbonyl (C=O) groups excluding carboxylic acids is 1. The molecule has 0 aromatic carbocycles. The van der Waals surface area contributed by atoms with Gasteiger partial charge in [-0.3, -0.25) is 4.79 Å². The number of carbonyl (C=O) groups is 1. The molecule has 3 N–H and O–H groups in total. The minimum absolute atomic E-state index is 0.138. The normalized spacial score (nSPS) is 20.3. The van der Waals surface area contributed by atoms with Gasteiger partial charge in [-0.15, -0.1) is 0 Å². The van der Waals surface area contributed by atoms with Crippen LogP contribution in [0.3, 0.4) is 0 Å². The highest BCUT2D eigenvalue weighted by atomic mass is 16.5. The van der Waals surface area contributed by atoms with E-state index in [1.807, 2.05) is 20.8 Å². The first-order valence-electron chi connectivity index (χ1n) is 10.2. The van der Waals surface area contributed by atoms with E-state index in [1.165, 1.54) is 32.1 Å². The Balaban J connectivity index is 2.40. The van der Waals surface area contributed by atoms with E-state index >= 15 is 0 Å². The zero-order valence-corrected chi connectivity index (χ0v) is 17.1. The predicted molar refractivity (Wildman–Crippen MR) is 103 cm³/mol. The number of hydrogen-bond donors (Lipinski definition) is 2. The van der Waals surface area contributed by atoms with E-state index in [0.29, 0.717) is 30.8 Å². The van der Waals surface area contributed by atoms with E-state index in [1.54, 1.807) is 0 Å². The van der Waals surface area contributed by atoms with Crippen LogP contribution in [0.1, 0.15) is 86.0 Å². The largest absolute Gasteiger partial charge is 0.465 e. The van der Waals surface area contributed by atoms with Gasteiger partial charge in [0.05, 0.1) is 18.1 Å². The fourth-order valence-corrected chi connectivity index (χ4v) is 3.69. The number of aliphatic hydroxyl groups is 1. The molecule has 3 unspecified atom stereocenters. The molecule has 1 aliphatic rings. The van der Waals surface area contributed by atoms with Gasteiger partial charge in [0.25, 0.3) is 0 Å². The maximum absolute atomic E-state index is 11.9. The average molecular weight is 356 g/mol. The van der Waals surface area contributed by atoms with Crippen molar-refractivity contribution in [3.05, 3.63) is 0 Å². The number of esters is 1. The maximum atomic E-state index is 11.9. The monoisotopic (exact) mass is 355 g/mol. The molecule has 1 fully saturated rings. The van der Waals surface area contributed by atoms with E-state index in [4.69, 9.17) is 10.5 Å². The maximum Gasteiger partial charge on any atom is 0.311 e. The molecule has 1 saturated carbocycles. The Morgan fingerprint density at radius 2 is 1.80 bits per heavy atom. The van der Waals surface area contributed by atoms with E-state index in [9.17, 15) is 9.90 Å². The summed E-state index contributed by atoms with van der Waals surface area (Å²) < 4.78 is 5.40. The highest BCUT2D eigenvalue weighted by molar-refractivity contribution is 5.75. The SMILES string of the molecule is CC(C)C(CCOC(=O)C(C)(C)C)CC(O)C(N)CC1CCCCC1. The van der Waals surface area contributed by atoms with Crippen LogP contribution in [0.2, 0.25) is 0 Å². The van der Waals surface area contributed by atoms with Crippen LogP contribution in [0.5, 0.6) is 0 Å². The van der Waals surface area contributed by atoms with Crippen LogP contribution in [0.15, 0.2) is 0 Å². The Kier molecular flexibility index (Phi) is 9.44. The summed E-state index contributed by atoms with van der Waals surface area (Å²) in [7, 11) is 0. The lowest BCUT2D eigenvalue weighted by Gasteiger charge is -2.30. The average Bonchev–Trinajstić information content (AvgIpc) is 2.53. The van der Waals surface area contributed by atoms with Gasteiger partial charge >= 0.3 is 5.97 Å². The van der Waals surface area contributed by atoms with Crippen molar-refractivity contribution in [1.29, 1.82) is 0 Å². The van der Waals surface area contributed by atoms with Crippen LogP contribution in [0.25, 0.3) is 0 Å². The predicted octanol–water partition coefficient (Wildman–Crippen LogP) is 4.29. The second-order valence-electron chi connectivity index (χ2n) is 9.39. The number of ether oxygens (including phenoxy) is 1. The molecule has 0 radical (unpaired) electrons. The molecule has 0 spiro atoms. The van der Waals surface area contributed by atoms with Crippen molar-refractivity contribution < 1.29 is 14.6 Å². The second kappa shape index (κ2) is 10.5. The van der Waals surface area contributed by atoms with Crippen LogP contribution >= 0.6 is 0 Å². The lowest BCUT2D eigenvalue weighted by Crippen LogP contribution is -2.39. The van der Waals surface area contributed by atoms with Gasteiger partial charge in [-0.05, 0) is 57.8 Å². The summed E-state index contributed by atoms with van der Waals surface area (Å²) in [6.07, 6.45) is 8.43. The quantitative estimate of drug-likeness (QED) is 0.605. The molecule has 0 bridgehead atoms. The molecule has 4 nitrogen and oxygen atoms in total. The zero-order chi connectivity index (χ0) is 19.0. The van der Waals surface area contributed by atoms with Gasteiger partial charge in [0.15, 0.2) is 0 Å². The molecule has 0 saturated heterocycles. The molecule has 0 amide bonds. The molecule has 1 rings (SSSR count). The summed E-state index contributed by atoms with van der Waals surface area (Å²) in [5.74, 6) is 1.28. The number of aliphatic hydroxyl groups excluding tert-OH is 1. The smallest absolute Gasteiger partial charge is 0.311 e. The molecule has 0 aromatic heterocycles. The summed E-state index contributed by atoms with van der Waals surface area (Å²) in [4.78, 5) is 11.9. The Bertz CT molecular complexity index is 383. The van der Waals surface area contributed by atoms with Crippen LogP contribution in [-0.2, 0) is 9.53 Å². The van der Waals surface area contributed by atoms with Crippen molar-refractivity contribution in [2.24, 2.45) is 28.9 Å². The third-order valence-electron chi connectivity index (χ3n) is 5.65. The van der Waals surface area contributed by atoms with Gasteiger partial charge in [-0.1, -0.05) is 46.0 Å². The van der Waals surface area contributed by atoms with E-state index in [2.05, 4.69) is 13.8 Å². The highest BCUT2D eigenvalue weighted by Crippen LogP contribution is 2.29. The van der Waals surface area contributed by atoms with Gasteiger partial charge in [0, 0.05) is 6.04 Å². The standard InChI is InChI=1S/C21H41NO3/c1-15(2)17(11-12-25-20(24)21(3,4)5)14-19(23)18(22)13-16-9-7-6-8-10-16/h15-19,23H,6-14,22H2,1-5H3. The van der Waals surface area contributed by atoms with Crippen molar-refractivity contribution in [3.8, 4) is 0 Å².